The Morgan fingerprint density at radius 2 is 1.77 bits per heavy atom. The van der Waals surface area contributed by atoms with E-state index in [1.165, 1.54) is 11.8 Å². The Hall–Kier alpha value is -2.60. The summed E-state index contributed by atoms with van der Waals surface area (Å²) >= 11 is 1.25. The molecular formula is C20H21N3O2S. The first-order valence-corrected chi connectivity index (χ1v) is 9.25. The molecule has 0 bridgehead atoms. The van der Waals surface area contributed by atoms with E-state index in [0.717, 1.165) is 27.9 Å². The molecule has 1 N–H and O–H groups in total. The summed E-state index contributed by atoms with van der Waals surface area (Å²) in [5, 5.41) is 11.1. The van der Waals surface area contributed by atoms with Crippen LogP contribution < -0.4 is 5.32 Å². The average Bonchev–Trinajstić information content (AvgIpc) is 3.02. The zero-order chi connectivity index (χ0) is 18.7. The normalized spacial score (nSPS) is 12.0. The van der Waals surface area contributed by atoms with Gasteiger partial charge in [-0.2, -0.15) is 0 Å². The molecule has 2 aromatic carbocycles. The summed E-state index contributed by atoms with van der Waals surface area (Å²) < 4.78 is 5.73. The van der Waals surface area contributed by atoms with Gasteiger partial charge in [-0.3, -0.25) is 4.79 Å². The minimum absolute atomic E-state index is 0.105. The van der Waals surface area contributed by atoms with Gasteiger partial charge in [-0.1, -0.05) is 41.1 Å². The van der Waals surface area contributed by atoms with E-state index in [1.54, 1.807) is 0 Å². The minimum Gasteiger partial charge on any atom is -0.411 e. The van der Waals surface area contributed by atoms with Gasteiger partial charge < -0.3 is 9.73 Å². The lowest BCUT2D eigenvalue weighted by molar-refractivity contribution is -0.115. The van der Waals surface area contributed by atoms with Crippen molar-refractivity contribution >= 4 is 23.4 Å². The Labute approximate surface area is 157 Å². The molecule has 26 heavy (non-hydrogen) atoms. The molecule has 0 aliphatic rings. The number of aromatic nitrogens is 2. The fraction of sp³-hybridized carbons (Fsp3) is 0.250. The number of carbonyl (C=O) groups is 1. The first-order valence-electron chi connectivity index (χ1n) is 8.37. The van der Waals surface area contributed by atoms with Crippen molar-refractivity contribution in [2.24, 2.45) is 0 Å². The fourth-order valence-corrected chi connectivity index (χ4v) is 3.33. The maximum Gasteiger partial charge on any atom is 0.277 e. The third kappa shape index (κ3) is 4.52. The van der Waals surface area contributed by atoms with E-state index < -0.39 is 0 Å². The zero-order valence-electron chi connectivity index (χ0n) is 15.2. The van der Waals surface area contributed by atoms with Crippen LogP contribution in [-0.4, -0.2) is 21.4 Å². The number of thioether (sulfide) groups is 1. The van der Waals surface area contributed by atoms with Crippen molar-refractivity contribution in [3.05, 3.63) is 59.2 Å². The maximum atomic E-state index is 12.4. The van der Waals surface area contributed by atoms with Gasteiger partial charge in [0.15, 0.2) is 0 Å². The second-order valence-corrected chi connectivity index (χ2v) is 7.66. The van der Waals surface area contributed by atoms with E-state index in [1.807, 2.05) is 64.1 Å². The van der Waals surface area contributed by atoms with Crippen molar-refractivity contribution in [1.82, 2.24) is 10.2 Å². The summed E-state index contributed by atoms with van der Waals surface area (Å²) in [5.41, 5.74) is 5.04. The number of nitrogens with one attached hydrogen (secondary N) is 1. The van der Waals surface area contributed by atoms with E-state index in [9.17, 15) is 4.79 Å². The molecule has 3 rings (SSSR count). The number of anilines is 1. The monoisotopic (exact) mass is 367 g/mol. The van der Waals surface area contributed by atoms with Crippen molar-refractivity contribution in [2.45, 2.75) is 38.2 Å². The van der Waals surface area contributed by atoms with Crippen molar-refractivity contribution < 1.29 is 9.21 Å². The van der Waals surface area contributed by atoms with E-state index in [2.05, 4.69) is 21.6 Å². The van der Waals surface area contributed by atoms with Crippen molar-refractivity contribution in [3.8, 4) is 11.5 Å². The molecule has 0 saturated carbocycles. The van der Waals surface area contributed by atoms with Crippen molar-refractivity contribution in [1.29, 1.82) is 0 Å². The van der Waals surface area contributed by atoms with Gasteiger partial charge in [0, 0.05) is 11.3 Å². The molecule has 6 heteroatoms. The molecule has 1 heterocycles. The molecule has 0 fully saturated rings. The largest absolute Gasteiger partial charge is 0.411 e. The standard InChI is InChI=1S/C20H21N3O2S/c1-12-6-5-7-17(11-12)21-18(24)15(4)26-20-23-22-19(25-20)16-9-13(2)8-14(3)10-16/h5-11,15H,1-4H3,(H,21,24)/t15-/m0/s1. The number of aryl methyl sites for hydroxylation is 3. The molecular weight excluding hydrogens is 346 g/mol. The summed E-state index contributed by atoms with van der Waals surface area (Å²) in [7, 11) is 0. The molecule has 1 amide bonds. The molecule has 3 aromatic rings. The van der Waals surface area contributed by atoms with Crippen LogP contribution in [0.2, 0.25) is 0 Å². The predicted octanol–water partition coefficient (Wildman–Crippen LogP) is 4.78. The van der Waals surface area contributed by atoms with Crippen LogP contribution in [0.5, 0.6) is 0 Å². The van der Waals surface area contributed by atoms with Gasteiger partial charge in [0.2, 0.25) is 11.8 Å². The van der Waals surface area contributed by atoms with E-state index in [4.69, 9.17) is 4.42 Å². The lowest BCUT2D eigenvalue weighted by Gasteiger charge is -2.10. The average molecular weight is 367 g/mol. The van der Waals surface area contributed by atoms with Crippen LogP contribution in [0.1, 0.15) is 23.6 Å². The highest BCUT2D eigenvalue weighted by atomic mass is 32.2. The Morgan fingerprint density at radius 1 is 1.04 bits per heavy atom. The summed E-state index contributed by atoms with van der Waals surface area (Å²) in [4.78, 5) is 12.4. The van der Waals surface area contributed by atoms with Gasteiger partial charge in [0.05, 0.1) is 5.25 Å². The van der Waals surface area contributed by atoms with E-state index in [0.29, 0.717) is 11.1 Å². The van der Waals surface area contributed by atoms with Crippen LogP contribution in [0, 0.1) is 20.8 Å². The zero-order valence-corrected chi connectivity index (χ0v) is 16.1. The summed E-state index contributed by atoms with van der Waals surface area (Å²) in [5.74, 6) is 0.359. The van der Waals surface area contributed by atoms with Gasteiger partial charge in [-0.15, -0.1) is 10.2 Å². The van der Waals surface area contributed by atoms with Crippen molar-refractivity contribution in [2.75, 3.05) is 5.32 Å². The highest BCUT2D eigenvalue weighted by Gasteiger charge is 2.19. The molecule has 0 aliphatic heterocycles. The highest BCUT2D eigenvalue weighted by Crippen LogP contribution is 2.27. The van der Waals surface area contributed by atoms with Crippen LogP contribution in [0.3, 0.4) is 0 Å². The van der Waals surface area contributed by atoms with Gasteiger partial charge in [-0.05, 0) is 57.5 Å². The van der Waals surface area contributed by atoms with Gasteiger partial charge in [-0.25, -0.2) is 0 Å². The quantitative estimate of drug-likeness (QED) is 0.657. The Morgan fingerprint density at radius 3 is 2.46 bits per heavy atom. The summed E-state index contributed by atoms with van der Waals surface area (Å²) in [6.45, 7) is 7.86. The predicted molar refractivity (Wildman–Crippen MR) is 104 cm³/mol. The van der Waals surface area contributed by atoms with E-state index >= 15 is 0 Å². The SMILES string of the molecule is Cc1cccc(NC(=O)[C@H](C)Sc2nnc(-c3cc(C)cc(C)c3)o2)c1. The highest BCUT2D eigenvalue weighted by molar-refractivity contribution is 8.00. The number of benzene rings is 2. The van der Waals surface area contributed by atoms with Crippen LogP contribution in [0.4, 0.5) is 5.69 Å². The topological polar surface area (TPSA) is 68.0 Å². The third-order valence-corrected chi connectivity index (χ3v) is 4.74. The molecule has 0 spiro atoms. The number of carbonyl (C=O) groups excluding carboxylic acids is 1. The first kappa shape index (κ1) is 18.2. The maximum absolute atomic E-state index is 12.4. The number of hydrogen-bond acceptors (Lipinski definition) is 5. The summed E-state index contributed by atoms with van der Waals surface area (Å²) in [6.07, 6.45) is 0. The molecule has 0 unspecified atom stereocenters. The third-order valence-electron chi connectivity index (χ3n) is 3.81. The van der Waals surface area contributed by atoms with Crippen LogP contribution in [0.15, 0.2) is 52.1 Å². The Bertz CT molecular complexity index is 916. The summed E-state index contributed by atoms with van der Waals surface area (Å²) in [6, 6.07) is 13.8. The van der Waals surface area contributed by atoms with Gasteiger partial charge in [0.25, 0.3) is 5.22 Å². The van der Waals surface area contributed by atoms with Gasteiger partial charge >= 0.3 is 0 Å². The Balaban J connectivity index is 1.67. The molecule has 134 valence electrons. The molecule has 1 atom stereocenters. The second kappa shape index (κ2) is 7.74. The number of rotatable bonds is 5. The molecule has 0 saturated heterocycles. The number of nitrogens with zero attached hydrogens (tertiary/aromatic N) is 2. The fourth-order valence-electron chi connectivity index (χ4n) is 2.64. The number of hydrogen-bond donors (Lipinski definition) is 1. The van der Waals surface area contributed by atoms with E-state index in [-0.39, 0.29) is 11.2 Å². The molecule has 0 radical (unpaired) electrons. The lowest BCUT2D eigenvalue weighted by Crippen LogP contribution is -2.22. The minimum atomic E-state index is -0.358. The van der Waals surface area contributed by atoms with Crippen LogP contribution in [0.25, 0.3) is 11.5 Å². The first-order chi connectivity index (χ1) is 12.4. The lowest BCUT2D eigenvalue weighted by atomic mass is 10.1. The second-order valence-electron chi connectivity index (χ2n) is 6.37. The molecule has 1 aromatic heterocycles. The van der Waals surface area contributed by atoms with Crippen LogP contribution >= 0.6 is 11.8 Å². The van der Waals surface area contributed by atoms with Gasteiger partial charge in [0.1, 0.15) is 0 Å². The smallest absolute Gasteiger partial charge is 0.277 e. The molecule has 5 nitrogen and oxygen atoms in total. The number of amides is 1. The Kier molecular flexibility index (Phi) is 5.42. The van der Waals surface area contributed by atoms with Crippen molar-refractivity contribution in [3.63, 3.8) is 0 Å². The molecule has 0 aliphatic carbocycles. The van der Waals surface area contributed by atoms with Crippen LogP contribution in [-0.2, 0) is 4.79 Å².